The molecule has 0 aliphatic carbocycles. The number of hydrogen-bond donors (Lipinski definition) is 1. The Hall–Kier alpha value is -4.08. The van der Waals surface area contributed by atoms with Crippen LogP contribution in [-0.4, -0.2) is 70.3 Å². The molecule has 40 heavy (non-hydrogen) atoms. The standard InChI is InChI=1S/C30H38N4O6/c1-29(2,3)39-27(36)33-13-9-20(10-14-33)22-7-8-25(31-18-22)32-26(35)24-17-23(19-38-24)21-11-15-34(16-12-21)28(37)40-30(4,5)6/h7-9,11,17-19H,10,12-16H2,1-6H3,(H,31,32,35). The quantitative estimate of drug-likeness (QED) is 0.498. The van der Waals surface area contributed by atoms with Gasteiger partial charge in [-0.2, -0.15) is 0 Å². The van der Waals surface area contributed by atoms with Crippen molar-refractivity contribution in [2.45, 2.75) is 65.6 Å². The largest absolute Gasteiger partial charge is 0.459 e. The number of hydrogen-bond acceptors (Lipinski definition) is 7. The van der Waals surface area contributed by atoms with E-state index in [1.807, 2.05) is 59.8 Å². The SMILES string of the molecule is CC(C)(C)OC(=O)N1CC=C(c2ccc(NC(=O)c3cc(C4=CCN(C(=O)OC(C)(C)C)CC4)co3)nc2)CC1. The summed E-state index contributed by atoms with van der Waals surface area (Å²) in [4.78, 5) is 45.1. The van der Waals surface area contributed by atoms with E-state index in [0.29, 0.717) is 44.8 Å². The molecule has 0 atom stereocenters. The first kappa shape index (κ1) is 28.9. The highest BCUT2D eigenvalue weighted by molar-refractivity contribution is 6.02. The second-order valence-electron chi connectivity index (χ2n) is 11.9. The first-order valence-electron chi connectivity index (χ1n) is 13.5. The van der Waals surface area contributed by atoms with Crippen LogP contribution >= 0.6 is 0 Å². The summed E-state index contributed by atoms with van der Waals surface area (Å²) >= 11 is 0. The van der Waals surface area contributed by atoms with Crippen LogP contribution in [0.25, 0.3) is 11.1 Å². The van der Waals surface area contributed by atoms with E-state index in [2.05, 4.69) is 10.3 Å². The molecule has 0 aromatic carbocycles. The number of amides is 3. The van der Waals surface area contributed by atoms with Crippen LogP contribution in [0, 0.1) is 0 Å². The first-order chi connectivity index (χ1) is 18.8. The summed E-state index contributed by atoms with van der Waals surface area (Å²) in [6.07, 6.45) is 7.88. The van der Waals surface area contributed by atoms with Gasteiger partial charge in [-0.05, 0) is 89.3 Å². The predicted octanol–water partition coefficient (Wildman–Crippen LogP) is 5.98. The number of furan rings is 1. The molecular weight excluding hydrogens is 512 g/mol. The fourth-order valence-electron chi connectivity index (χ4n) is 4.31. The van der Waals surface area contributed by atoms with Crippen LogP contribution in [0.2, 0.25) is 0 Å². The zero-order chi connectivity index (χ0) is 29.1. The Balaban J connectivity index is 1.31. The van der Waals surface area contributed by atoms with Gasteiger partial charge in [-0.15, -0.1) is 0 Å². The number of rotatable bonds is 4. The molecule has 4 heterocycles. The molecule has 2 aliphatic heterocycles. The summed E-state index contributed by atoms with van der Waals surface area (Å²) in [6, 6.07) is 5.34. The highest BCUT2D eigenvalue weighted by Crippen LogP contribution is 2.27. The lowest BCUT2D eigenvalue weighted by Crippen LogP contribution is -2.39. The number of nitrogens with zero attached hydrogens (tertiary/aromatic N) is 3. The molecule has 2 aromatic heterocycles. The minimum atomic E-state index is -0.540. The van der Waals surface area contributed by atoms with Gasteiger partial charge < -0.3 is 29.0 Å². The molecule has 0 saturated heterocycles. The van der Waals surface area contributed by atoms with E-state index in [1.54, 1.807) is 34.4 Å². The number of ether oxygens (including phenoxy) is 2. The molecule has 0 bridgehead atoms. The number of nitrogens with one attached hydrogen (secondary N) is 1. The summed E-state index contributed by atoms with van der Waals surface area (Å²) < 4.78 is 16.4. The lowest BCUT2D eigenvalue weighted by Gasteiger charge is -2.29. The molecule has 2 aromatic rings. The van der Waals surface area contributed by atoms with Crippen molar-refractivity contribution in [2.75, 3.05) is 31.5 Å². The third-order valence-corrected chi connectivity index (χ3v) is 6.29. The van der Waals surface area contributed by atoms with E-state index in [-0.39, 0.29) is 17.9 Å². The zero-order valence-electron chi connectivity index (χ0n) is 24.1. The van der Waals surface area contributed by atoms with Gasteiger partial charge in [0.2, 0.25) is 0 Å². The summed E-state index contributed by atoms with van der Waals surface area (Å²) in [6.45, 7) is 13.1. The molecule has 10 heteroatoms. The summed E-state index contributed by atoms with van der Waals surface area (Å²) in [5.41, 5.74) is 2.78. The van der Waals surface area contributed by atoms with Gasteiger partial charge in [0, 0.05) is 37.9 Å². The van der Waals surface area contributed by atoms with E-state index >= 15 is 0 Å². The van der Waals surface area contributed by atoms with Crippen molar-refractivity contribution < 1.29 is 28.3 Å². The number of carbonyl (C=O) groups excluding carboxylic acids is 3. The van der Waals surface area contributed by atoms with Crippen molar-refractivity contribution in [2.24, 2.45) is 0 Å². The summed E-state index contributed by atoms with van der Waals surface area (Å²) in [5.74, 6) is 0.181. The van der Waals surface area contributed by atoms with Gasteiger partial charge in [0.15, 0.2) is 5.76 Å². The Bertz CT molecular complexity index is 1310. The van der Waals surface area contributed by atoms with Crippen LogP contribution in [0.1, 0.15) is 76.1 Å². The van der Waals surface area contributed by atoms with Crippen LogP contribution in [0.5, 0.6) is 0 Å². The van der Waals surface area contributed by atoms with E-state index in [9.17, 15) is 14.4 Å². The summed E-state index contributed by atoms with van der Waals surface area (Å²) in [7, 11) is 0. The molecule has 0 spiro atoms. The average molecular weight is 551 g/mol. The fraction of sp³-hybridized carbons (Fsp3) is 0.467. The maximum absolute atomic E-state index is 12.8. The van der Waals surface area contributed by atoms with Crippen molar-refractivity contribution in [3.63, 3.8) is 0 Å². The molecule has 0 unspecified atom stereocenters. The normalized spacial score (nSPS) is 16.1. The van der Waals surface area contributed by atoms with Crippen molar-refractivity contribution in [3.05, 3.63) is 59.7 Å². The summed E-state index contributed by atoms with van der Waals surface area (Å²) in [5, 5.41) is 2.77. The number of carbonyl (C=O) groups is 3. The third kappa shape index (κ3) is 7.74. The van der Waals surface area contributed by atoms with Crippen molar-refractivity contribution in [1.82, 2.24) is 14.8 Å². The van der Waals surface area contributed by atoms with Crippen molar-refractivity contribution in [1.29, 1.82) is 0 Å². The Morgan fingerprint density at radius 1 is 0.850 bits per heavy atom. The van der Waals surface area contributed by atoms with Crippen LogP contribution in [-0.2, 0) is 9.47 Å². The van der Waals surface area contributed by atoms with Crippen LogP contribution in [0.4, 0.5) is 15.4 Å². The second kappa shape index (κ2) is 11.6. The van der Waals surface area contributed by atoms with E-state index in [0.717, 1.165) is 22.3 Å². The maximum Gasteiger partial charge on any atom is 0.410 e. The monoisotopic (exact) mass is 550 g/mol. The smallest absolute Gasteiger partial charge is 0.410 e. The first-order valence-corrected chi connectivity index (χ1v) is 13.5. The van der Waals surface area contributed by atoms with Crippen LogP contribution in [0.15, 0.2) is 47.2 Å². The van der Waals surface area contributed by atoms with Gasteiger partial charge in [0.05, 0.1) is 6.26 Å². The van der Waals surface area contributed by atoms with Gasteiger partial charge in [-0.25, -0.2) is 14.6 Å². The molecule has 10 nitrogen and oxygen atoms in total. The lowest BCUT2D eigenvalue weighted by molar-refractivity contribution is 0.0260. The maximum atomic E-state index is 12.8. The minimum absolute atomic E-state index is 0.175. The Labute approximate surface area is 235 Å². The number of pyridine rings is 1. The highest BCUT2D eigenvalue weighted by atomic mass is 16.6. The average Bonchev–Trinajstić information content (AvgIpc) is 3.38. The second-order valence-corrected chi connectivity index (χ2v) is 11.9. The Kier molecular flexibility index (Phi) is 8.37. The van der Waals surface area contributed by atoms with Gasteiger partial charge in [-0.1, -0.05) is 12.2 Å². The van der Waals surface area contributed by atoms with E-state index in [4.69, 9.17) is 13.9 Å². The minimum Gasteiger partial charge on any atom is -0.459 e. The topological polar surface area (TPSA) is 114 Å². The number of anilines is 1. The molecule has 0 saturated carbocycles. The number of aromatic nitrogens is 1. The molecule has 1 N–H and O–H groups in total. The molecule has 214 valence electrons. The molecule has 0 radical (unpaired) electrons. The zero-order valence-corrected chi connectivity index (χ0v) is 24.1. The fourth-order valence-corrected chi connectivity index (χ4v) is 4.31. The van der Waals surface area contributed by atoms with Crippen LogP contribution in [0.3, 0.4) is 0 Å². The molecule has 2 aliphatic rings. The molecule has 0 fully saturated rings. The van der Waals surface area contributed by atoms with Crippen molar-refractivity contribution in [3.8, 4) is 0 Å². The lowest BCUT2D eigenvalue weighted by atomic mass is 10.0. The van der Waals surface area contributed by atoms with E-state index in [1.165, 1.54) is 0 Å². The molecule has 4 rings (SSSR count). The molecule has 3 amide bonds. The predicted molar refractivity (Wildman–Crippen MR) is 152 cm³/mol. The van der Waals surface area contributed by atoms with Gasteiger partial charge >= 0.3 is 12.2 Å². The Morgan fingerprint density at radius 3 is 1.85 bits per heavy atom. The highest BCUT2D eigenvalue weighted by Gasteiger charge is 2.26. The Morgan fingerprint density at radius 2 is 1.40 bits per heavy atom. The molecular formula is C30H38N4O6. The van der Waals surface area contributed by atoms with Gasteiger partial charge in [0.1, 0.15) is 17.0 Å². The van der Waals surface area contributed by atoms with Crippen LogP contribution < -0.4 is 5.32 Å². The van der Waals surface area contributed by atoms with Crippen molar-refractivity contribution >= 4 is 35.1 Å². The van der Waals surface area contributed by atoms with Gasteiger partial charge in [0.25, 0.3) is 5.91 Å². The van der Waals surface area contributed by atoms with Gasteiger partial charge in [-0.3, -0.25) is 4.79 Å². The van der Waals surface area contributed by atoms with E-state index < -0.39 is 17.1 Å². The third-order valence-electron chi connectivity index (χ3n) is 6.29.